The minimum absolute atomic E-state index is 0.0118. The molecule has 23 heavy (non-hydrogen) atoms. The van der Waals surface area contributed by atoms with Crippen molar-refractivity contribution in [1.29, 1.82) is 0 Å². The average molecular weight is 335 g/mol. The van der Waals surface area contributed by atoms with Crippen LogP contribution in [0.15, 0.2) is 0 Å². The number of rotatable bonds is 10. The predicted octanol–water partition coefficient (Wildman–Crippen LogP) is -0.386. The number of hydrogen-bond acceptors (Lipinski definition) is 5. The Labute approximate surface area is 138 Å². The van der Waals surface area contributed by atoms with Gasteiger partial charge >= 0.3 is 0 Å². The Morgan fingerprint density at radius 1 is 1.13 bits per heavy atom. The smallest absolute Gasteiger partial charge is 0.237 e. The molecule has 0 aromatic heterocycles. The standard InChI is InChI=1S/C16H30N4O3/c1-13(21)6-8-17-15(22)7-9-18-16(23)14-5-4-10-20(14)12-11-19(2)3/h14H,4-12H2,1-3H3,(H,17,22)(H,18,23)/i4+1,5+1,10+1,11+1,12+1,14+1,16+1,17+1,18+1. The number of nitrogens with one attached hydrogen (secondary N) is 2. The van der Waals surface area contributed by atoms with E-state index in [0.29, 0.717) is 19.5 Å². The van der Waals surface area contributed by atoms with Gasteiger partial charge in [0.2, 0.25) is 11.8 Å². The van der Waals surface area contributed by atoms with Gasteiger partial charge in [-0.2, -0.15) is 0 Å². The van der Waals surface area contributed by atoms with Gasteiger partial charge in [0.15, 0.2) is 0 Å². The number of carbonyl (C=O) groups is 3. The molecule has 0 spiro atoms. The summed E-state index contributed by atoms with van der Waals surface area (Å²) in [5.41, 5.74) is 0. The van der Waals surface area contributed by atoms with Gasteiger partial charge in [-0.15, -0.1) is 0 Å². The molecule has 0 saturated carbocycles. The van der Waals surface area contributed by atoms with Gasteiger partial charge in [-0.3, -0.25) is 19.3 Å². The van der Waals surface area contributed by atoms with Gasteiger partial charge in [-0.05, 0) is 40.4 Å². The summed E-state index contributed by atoms with van der Waals surface area (Å²) in [5.74, 6) is -0.0714. The van der Waals surface area contributed by atoms with Crippen molar-refractivity contribution in [3.05, 3.63) is 0 Å². The third-order valence-electron chi connectivity index (χ3n) is 3.95. The second kappa shape index (κ2) is 10.3. The summed E-state index contributed by atoms with van der Waals surface area (Å²) < 4.78 is 0. The molecule has 0 aliphatic carbocycles. The number of Topliss-reactive ketones (excluding diaryl/α,β-unsaturated/α-hetero) is 1. The summed E-state index contributed by atoms with van der Waals surface area (Å²) in [6.45, 7) is 4.97. The SMILES string of the molecule is CC(=O)CC[15NH]C(=O)CC[15NH][13C](=O)[13CH]1[13CH2][13CH2][13CH2]N1[13CH2][13CH2]N(C)C. The molecule has 1 heterocycles. The fourth-order valence-electron chi connectivity index (χ4n) is 2.60. The predicted molar refractivity (Wildman–Crippen MR) is 89.1 cm³/mol. The molecular weight excluding hydrogens is 305 g/mol. The van der Waals surface area contributed by atoms with Gasteiger partial charge in [0.1, 0.15) is 5.78 Å². The molecule has 2 N–H and O–H groups in total. The lowest BCUT2D eigenvalue weighted by Gasteiger charge is -2.25. The van der Waals surface area contributed by atoms with E-state index in [2.05, 4.69) is 20.4 Å². The van der Waals surface area contributed by atoms with Crippen LogP contribution in [0.4, 0.5) is 0 Å². The molecule has 1 aliphatic heterocycles. The Bertz CT molecular complexity index is 412. The fraction of sp³-hybridized carbons (Fsp3) is 0.812. The van der Waals surface area contributed by atoms with Gasteiger partial charge in [-0.1, -0.05) is 0 Å². The van der Waals surface area contributed by atoms with Crippen LogP contribution in [0.5, 0.6) is 0 Å². The highest BCUT2D eigenvalue weighted by molar-refractivity contribution is 5.83. The summed E-state index contributed by atoms with van der Waals surface area (Å²) in [6.07, 6.45) is 2.51. The normalized spacial score (nSPS) is 18.2. The lowest BCUT2D eigenvalue weighted by atomic mass is 10.3. The first kappa shape index (κ1) is 19.6. The van der Waals surface area contributed by atoms with Crippen LogP contribution in [0.3, 0.4) is 0 Å². The summed E-state index contributed by atoms with van der Waals surface area (Å²) in [6, 6.07) is -0.0734. The van der Waals surface area contributed by atoms with E-state index < -0.39 is 0 Å². The van der Waals surface area contributed by atoms with Crippen molar-refractivity contribution >= 4 is 17.6 Å². The first-order valence-electron chi connectivity index (χ1n) is 8.32. The first-order chi connectivity index (χ1) is 10.9. The van der Waals surface area contributed by atoms with Crippen molar-refractivity contribution in [1.82, 2.24) is 20.4 Å². The number of likely N-dealkylation sites (tertiary alicyclic amines) is 1. The van der Waals surface area contributed by atoms with E-state index in [1.54, 1.807) is 0 Å². The minimum Gasteiger partial charge on any atom is -0.356 e. The monoisotopic (exact) mass is 335 g/mol. The maximum Gasteiger partial charge on any atom is 0.237 e. The van der Waals surface area contributed by atoms with Crippen LogP contribution in [-0.2, 0) is 14.4 Å². The molecule has 1 fully saturated rings. The molecule has 2 amide bonds. The summed E-state index contributed by atoms with van der Waals surface area (Å²) in [7, 11) is 4.05. The van der Waals surface area contributed by atoms with Crippen LogP contribution >= 0.6 is 0 Å². The van der Waals surface area contributed by atoms with E-state index in [-0.39, 0.29) is 30.1 Å². The Hall–Kier alpha value is -1.47. The fourth-order valence-corrected chi connectivity index (χ4v) is 2.60. The maximum absolute atomic E-state index is 12.2. The lowest BCUT2D eigenvalue weighted by Crippen LogP contribution is -2.46. The molecule has 0 bridgehead atoms. The number of likely N-dealkylation sites (N-methyl/N-ethyl adjacent to an activating group) is 1. The summed E-state index contributed by atoms with van der Waals surface area (Å²) in [5, 5.41) is 5.52. The molecular formula is C16H30N4O3. The van der Waals surface area contributed by atoms with Crippen LogP contribution in [0.1, 0.15) is 32.6 Å². The van der Waals surface area contributed by atoms with Crippen LogP contribution in [0.25, 0.3) is 0 Å². The zero-order chi connectivity index (χ0) is 17.2. The average Bonchev–Trinajstić information content (AvgIpc) is 2.93. The van der Waals surface area contributed by atoms with E-state index in [1.165, 1.54) is 6.92 Å². The molecule has 7 heteroatoms. The van der Waals surface area contributed by atoms with E-state index in [4.69, 9.17) is 0 Å². The molecule has 0 radical (unpaired) electrons. The summed E-state index contributed by atoms with van der Waals surface area (Å²) >= 11 is 0. The van der Waals surface area contributed by atoms with Crippen molar-refractivity contribution in [2.45, 2.75) is 38.6 Å². The van der Waals surface area contributed by atoms with Gasteiger partial charge in [0.05, 0.1) is 6.04 Å². The van der Waals surface area contributed by atoms with Gasteiger partial charge < -0.3 is 15.5 Å². The zero-order valence-electron chi connectivity index (χ0n) is 14.6. The molecule has 1 aliphatic rings. The molecule has 1 atom stereocenters. The van der Waals surface area contributed by atoms with Crippen molar-refractivity contribution in [2.75, 3.05) is 46.8 Å². The van der Waals surface area contributed by atoms with E-state index in [0.717, 1.165) is 32.5 Å². The van der Waals surface area contributed by atoms with Crippen LogP contribution in [-0.4, -0.2) is 80.3 Å². The molecule has 1 saturated heterocycles. The topological polar surface area (TPSA) is 81.8 Å². The molecule has 1 rings (SSSR count). The Kier molecular flexibility index (Phi) is 8.79. The highest BCUT2D eigenvalue weighted by Gasteiger charge is 2.30. The van der Waals surface area contributed by atoms with Crippen LogP contribution in [0, 0.1) is 0 Å². The zero-order valence-corrected chi connectivity index (χ0v) is 14.6. The largest absolute Gasteiger partial charge is 0.356 e. The van der Waals surface area contributed by atoms with E-state index >= 15 is 0 Å². The number of nitrogens with zero attached hydrogens (tertiary/aromatic N) is 2. The quantitative estimate of drug-likeness (QED) is 0.420. The van der Waals surface area contributed by atoms with Gasteiger partial charge in [-0.25, -0.2) is 0 Å². The first-order valence-corrected chi connectivity index (χ1v) is 8.32. The third kappa shape index (κ3) is 8.08. The molecule has 1 unspecified atom stereocenters. The number of ketones is 1. The highest BCUT2D eigenvalue weighted by Crippen LogP contribution is 2.16. The maximum atomic E-state index is 12.2. The Morgan fingerprint density at radius 3 is 2.48 bits per heavy atom. The van der Waals surface area contributed by atoms with Gasteiger partial charge in [0, 0.05) is 39.0 Å². The molecule has 7 nitrogen and oxygen atoms in total. The summed E-state index contributed by atoms with van der Waals surface area (Å²) in [4.78, 5) is 38.9. The Balaban J connectivity index is 2.22. The number of carbonyl (C=O) groups excluding carboxylic acids is 3. The highest BCUT2D eigenvalue weighted by atomic mass is 16.3. The lowest BCUT2D eigenvalue weighted by molar-refractivity contribution is -0.125. The Morgan fingerprint density at radius 2 is 1.83 bits per heavy atom. The minimum atomic E-state index is -0.137. The third-order valence-corrected chi connectivity index (χ3v) is 3.95. The molecule has 132 valence electrons. The van der Waals surface area contributed by atoms with Crippen molar-refractivity contribution in [3.8, 4) is 0 Å². The second-order valence-electron chi connectivity index (χ2n) is 6.34. The number of hydrogen-bond donors (Lipinski definition) is 2. The van der Waals surface area contributed by atoms with E-state index in [9.17, 15) is 14.4 Å². The number of amides is 2. The van der Waals surface area contributed by atoms with Crippen molar-refractivity contribution in [2.24, 2.45) is 0 Å². The van der Waals surface area contributed by atoms with E-state index in [1.807, 2.05) is 14.1 Å². The second-order valence-corrected chi connectivity index (χ2v) is 6.34. The van der Waals surface area contributed by atoms with Crippen LogP contribution < -0.4 is 10.6 Å². The molecule has 0 aromatic rings. The van der Waals surface area contributed by atoms with Gasteiger partial charge in [0.25, 0.3) is 0 Å². The van der Waals surface area contributed by atoms with Crippen molar-refractivity contribution in [3.63, 3.8) is 0 Å². The molecule has 0 aromatic carbocycles. The van der Waals surface area contributed by atoms with Crippen molar-refractivity contribution < 1.29 is 14.4 Å². The van der Waals surface area contributed by atoms with Crippen LogP contribution in [0.2, 0.25) is 0 Å².